The fourth-order valence-electron chi connectivity index (χ4n) is 5.28. The van der Waals surface area contributed by atoms with Gasteiger partial charge in [-0.25, -0.2) is 10.8 Å². The first-order valence-electron chi connectivity index (χ1n) is 12.5. The summed E-state index contributed by atoms with van der Waals surface area (Å²) in [5, 5.41) is 4.72. The summed E-state index contributed by atoms with van der Waals surface area (Å²) in [4.78, 5) is 26.3. The molecule has 0 saturated heterocycles. The molecule has 9 nitrogen and oxygen atoms in total. The molecule has 2 aromatic carbocycles. The standard InChI is InChI=1S/C28H27FN8O/c29-23-11-5-8-20(33-23)18-14-12-17(13-15-18)16-32-26(37(31)19-6-2-1-3-7-19)24-25(30)36-22-10-4-9-21(22)34-28(36)35-27(24)38/h1-3,5-8,11-15,21-22H,4,9-10,16,30-31H2,(H,34,35,38)/t21-,22+/m1/s1. The summed E-state index contributed by atoms with van der Waals surface area (Å²) in [6.07, 6.45) is 3.05. The Kier molecular flexibility index (Phi) is 6.09. The van der Waals surface area contributed by atoms with Crippen LogP contribution in [-0.2, 0) is 6.54 Å². The Hall–Kier alpha value is -4.57. The molecule has 0 spiro atoms. The Bertz CT molecular complexity index is 1570. The van der Waals surface area contributed by atoms with Crippen LogP contribution in [-0.4, -0.2) is 26.4 Å². The molecule has 0 unspecified atom stereocenters. The number of hydrazine groups is 1. The largest absolute Gasteiger partial charge is 0.384 e. The Balaban J connectivity index is 1.39. The summed E-state index contributed by atoms with van der Waals surface area (Å²) in [7, 11) is 0. The van der Waals surface area contributed by atoms with Crippen molar-refractivity contribution in [3.63, 3.8) is 0 Å². The zero-order valence-corrected chi connectivity index (χ0v) is 20.6. The predicted molar refractivity (Wildman–Crippen MR) is 146 cm³/mol. The molecule has 1 aliphatic heterocycles. The molecule has 3 heterocycles. The lowest BCUT2D eigenvalue weighted by molar-refractivity contribution is 0.536. The topological polar surface area (TPSA) is 127 Å². The van der Waals surface area contributed by atoms with Gasteiger partial charge < -0.3 is 11.1 Å². The van der Waals surface area contributed by atoms with Crippen LogP contribution in [0.4, 0.5) is 21.8 Å². The third-order valence-corrected chi connectivity index (χ3v) is 7.15. The lowest BCUT2D eigenvalue weighted by atomic mass is 10.1. The lowest BCUT2D eigenvalue weighted by Crippen LogP contribution is -2.42. The summed E-state index contributed by atoms with van der Waals surface area (Å²) in [5.74, 6) is 7.06. The number of rotatable bonds is 5. The van der Waals surface area contributed by atoms with Crippen molar-refractivity contribution in [3.05, 3.63) is 100 Å². The minimum atomic E-state index is -0.532. The number of amidine groups is 1. The number of nitrogens with zero attached hydrogens (tertiary/aromatic N) is 5. The van der Waals surface area contributed by atoms with E-state index in [0.717, 1.165) is 30.4 Å². The van der Waals surface area contributed by atoms with Crippen molar-refractivity contribution in [2.75, 3.05) is 16.1 Å². The number of halogens is 1. The number of nitrogens with one attached hydrogen (secondary N) is 1. The Morgan fingerprint density at radius 2 is 1.84 bits per heavy atom. The van der Waals surface area contributed by atoms with Gasteiger partial charge in [0.15, 0.2) is 5.84 Å². The smallest absolute Gasteiger partial charge is 0.287 e. The molecule has 1 aliphatic carbocycles. The van der Waals surface area contributed by atoms with E-state index in [1.165, 1.54) is 11.1 Å². The molecule has 38 heavy (non-hydrogen) atoms. The Labute approximate surface area is 218 Å². The predicted octanol–water partition coefficient (Wildman–Crippen LogP) is 3.87. The van der Waals surface area contributed by atoms with Crippen LogP contribution in [0.3, 0.4) is 0 Å². The summed E-state index contributed by atoms with van der Waals surface area (Å²) in [6, 6.07) is 21.8. The number of hydrogen-bond donors (Lipinski definition) is 3. The van der Waals surface area contributed by atoms with Crippen molar-refractivity contribution >= 4 is 23.3 Å². The normalized spacial score (nSPS) is 18.1. The fourth-order valence-corrected chi connectivity index (χ4v) is 5.28. The fraction of sp³-hybridized carbons (Fsp3) is 0.214. The van der Waals surface area contributed by atoms with Gasteiger partial charge in [-0.15, -0.1) is 0 Å². The van der Waals surface area contributed by atoms with Gasteiger partial charge in [0.2, 0.25) is 11.9 Å². The number of para-hydroxylation sites is 1. The quantitative estimate of drug-likeness (QED) is 0.122. The molecule has 2 atom stereocenters. The zero-order valence-electron chi connectivity index (χ0n) is 20.6. The van der Waals surface area contributed by atoms with Gasteiger partial charge in [-0.1, -0.05) is 48.5 Å². The van der Waals surface area contributed by atoms with Gasteiger partial charge in [-0.2, -0.15) is 9.37 Å². The highest BCUT2D eigenvalue weighted by atomic mass is 19.1. The van der Waals surface area contributed by atoms with Crippen LogP contribution in [0.15, 0.2) is 82.6 Å². The number of anilines is 3. The summed E-state index contributed by atoms with van der Waals surface area (Å²) in [6.45, 7) is 0.234. The molecule has 4 aromatic rings. The van der Waals surface area contributed by atoms with E-state index in [1.807, 2.05) is 59.2 Å². The molecular formula is C28H27FN8O. The van der Waals surface area contributed by atoms with Gasteiger partial charge in [-0.05, 0) is 49.1 Å². The highest BCUT2D eigenvalue weighted by molar-refractivity contribution is 6.11. The molecule has 5 N–H and O–H groups in total. The number of pyridine rings is 1. The van der Waals surface area contributed by atoms with Crippen LogP contribution < -0.4 is 27.5 Å². The first-order valence-corrected chi connectivity index (χ1v) is 12.5. The average molecular weight is 511 g/mol. The highest BCUT2D eigenvalue weighted by Crippen LogP contribution is 2.40. The molecule has 6 rings (SSSR count). The lowest BCUT2D eigenvalue weighted by Gasteiger charge is -2.23. The van der Waals surface area contributed by atoms with Crippen LogP contribution in [0, 0.1) is 5.95 Å². The molecule has 10 heteroatoms. The van der Waals surface area contributed by atoms with Crippen LogP contribution in [0.25, 0.3) is 11.3 Å². The monoisotopic (exact) mass is 510 g/mol. The van der Waals surface area contributed by atoms with Gasteiger partial charge in [0.25, 0.3) is 5.56 Å². The second kappa shape index (κ2) is 9.71. The van der Waals surface area contributed by atoms with Crippen LogP contribution in [0.2, 0.25) is 0 Å². The summed E-state index contributed by atoms with van der Waals surface area (Å²) in [5.41, 5.74) is 9.19. The molecule has 0 amide bonds. The number of nitrogen functional groups attached to an aromatic ring is 1. The molecule has 192 valence electrons. The van der Waals surface area contributed by atoms with E-state index in [4.69, 9.17) is 16.6 Å². The molecule has 0 bridgehead atoms. The molecule has 0 radical (unpaired) electrons. The third-order valence-electron chi connectivity index (χ3n) is 7.15. The molecular weight excluding hydrogens is 483 g/mol. The highest BCUT2D eigenvalue weighted by Gasteiger charge is 2.39. The van der Waals surface area contributed by atoms with E-state index >= 15 is 0 Å². The minimum Gasteiger partial charge on any atom is -0.384 e. The van der Waals surface area contributed by atoms with Crippen molar-refractivity contribution in [3.8, 4) is 11.3 Å². The van der Waals surface area contributed by atoms with Gasteiger partial charge in [-0.3, -0.25) is 19.4 Å². The SMILES string of the molecule is Nc1c(C(=NCc2ccc(-c3cccc(F)n3)cc2)N(N)c2ccccc2)c(=O)nc2n1[C@H]1CCC[C@H]1N2. The maximum absolute atomic E-state index is 13.5. The number of benzene rings is 2. The minimum absolute atomic E-state index is 0.144. The van der Waals surface area contributed by atoms with Crippen molar-refractivity contribution < 1.29 is 4.39 Å². The van der Waals surface area contributed by atoms with Gasteiger partial charge in [0, 0.05) is 11.6 Å². The number of aliphatic imine (C=N–C) groups is 1. The summed E-state index contributed by atoms with van der Waals surface area (Å²) < 4.78 is 15.5. The second-order valence-electron chi connectivity index (χ2n) is 9.51. The second-order valence-corrected chi connectivity index (χ2v) is 9.51. The van der Waals surface area contributed by atoms with Crippen molar-refractivity contribution in [2.24, 2.45) is 10.8 Å². The average Bonchev–Trinajstić information content (AvgIpc) is 3.52. The number of aromatic nitrogens is 3. The molecule has 2 aromatic heterocycles. The Morgan fingerprint density at radius 1 is 1.05 bits per heavy atom. The van der Waals surface area contributed by atoms with Crippen LogP contribution in [0.1, 0.15) is 36.4 Å². The van der Waals surface area contributed by atoms with E-state index in [2.05, 4.69) is 15.3 Å². The zero-order chi connectivity index (χ0) is 26.2. The van der Waals surface area contributed by atoms with E-state index in [9.17, 15) is 9.18 Å². The van der Waals surface area contributed by atoms with Crippen molar-refractivity contribution in [1.82, 2.24) is 14.5 Å². The molecule has 1 saturated carbocycles. The van der Waals surface area contributed by atoms with E-state index in [-0.39, 0.29) is 30.0 Å². The third kappa shape index (κ3) is 4.28. The maximum Gasteiger partial charge on any atom is 0.287 e. The van der Waals surface area contributed by atoms with Crippen LogP contribution >= 0.6 is 0 Å². The molecule has 2 aliphatic rings. The van der Waals surface area contributed by atoms with E-state index in [0.29, 0.717) is 23.1 Å². The van der Waals surface area contributed by atoms with Gasteiger partial charge in [0.05, 0.1) is 24.0 Å². The van der Waals surface area contributed by atoms with Crippen molar-refractivity contribution in [2.45, 2.75) is 37.9 Å². The van der Waals surface area contributed by atoms with Gasteiger partial charge >= 0.3 is 0 Å². The number of hydrogen-bond acceptors (Lipinski definition) is 7. The van der Waals surface area contributed by atoms with E-state index in [1.54, 1.807) is 12.1 Å². The summed E-state index contributed by atoms with van der Waals surface area (Å²) >= 11 is 0. The van der Waals surface area contributed by atoms with Crippen LogP contribution in [0.5, 0.6) is 0 Å². The number of nitrogens with two attached hydrogens (primary N) is 2. The van der Waals surface area contributed by atoms with Crippen molar-refractivity contribution in [1.29, 1.82) is 0 Å². The molecule has 1 fully saturated rings. The van der Waals surface area contributed by atoms with E-state index < -0.39 is 11.5 Å². The first-order chi connectivity index (χ1) is 18.5. The number of fused-ring (bicyclic) bond motifs is 3. The first kappa shape index (κ1) is 23.8. The van der Waals surface area contributed by atoms with Gasteiger partial charge in [0.1, 0.15) is 11.4 Å². The Morgan fingerprint density at radius 3 is 2.61 bits per heavy atom. The maximum atomic E-state index is 13.5.